The van der Waals surface area contributed by atoms with Crippen LogP contribution in [0.5, 0.6) is 5.75 Å². The lowest BCUT2D eigenvalue weighted by molar-refractivity contribution is -0.152. The lowest BCUT2D eigenvalue weighted by Crippen LogP contribution is -2.49. The normalized spacial score (nSPS) is 16.5. The van der Waals surface area contributed by atoms with Gasteiger partial charge in [-0.2, -0.15) is 0 Å². The van der Waals surface area contributed by atoms with Crippen LogP contribution < -0.4 is 10.2 Å². The van der Waals surface area contributed by atoms with Crippen LogP contribution in [0.25, 0.3) is 0 Å². The van der Waals surface area contributed by atoms with Gasteiger partial charge in [0.05, 0.1) is 25.7 Å². The molecular formula is C19H28N2O6. The summed E-state index contributed by atoms with van der Waals surface area (Å²) in [6.45, 7) is 4.27. The quantitative estimate of drug-likeness (QED) is 0.431. The molecule has 0 radical (unpaired) electrons. The van der Waals surface area contributed by atoms with Gasteiger partial charge in [0.25, 0.3) is 5.91 Å². The maximum absolute atomic E-state index is 12.8. The first kappa shape index (κ1) is 21.1. The predicted octanol–water partition coefficient (Wildman–Crippen LogP) is 0.749. The number of carbonyl (C=O) groups excluding carboxylic acids is 2. The van der Waals surface area contributed by atoms with E-state index in [9.17, 15) is 14.7 Å². The third-order valence-corrected chi connectivity index (χ3v) is 4.61. The van der Waals surface area contributed by atoms with Crippen LogP contribution in [0, 0.1) is 5.92 Å². The predicted molar refractivity (Wildman–Crippen MR) is 97.4 cm³/mol. The highest BCUT2D eigenvalue weighted by molar-refractivity contribution is 5.88. The van der Waals surface area contributed by atoms with Crippen molar-refractivity contribution in [3.63, 3.8) is 0 Å². The average Bonchev–Trinajstić information content (AvgIpc) is 2.71. The number of carbonyl (C=O) groups is 2. The van der Waals surface area contributed by atoms with E-state index >= 15 is 0 Å². The molecule has 3 N–H and O–H groups in total. The molecule has 1 saturated heterocycles. The number of aliphatic hydroxyl groups excluding tert-OH is 1. The van der Waals surface area contributed by atoms with E-state index in [1.807, 2.05) is 31.2 Å². The van der Waals surface area contributed by atoms with E-state index in [2.05, 4.69) is 0 Å². The third-order valence-electron chi connectivity index (χ3n) is 4.61. The van der Waals surface area contributed by atoms with Crippen molar-refractivity contribution in [3.8, 4) is 5.75 Å². The first-order chi connectivity index (χ1) is 13.1. The monoisotopic (exact) mass is 380 g/mol. The number of rotatable bonds is 9. The van der Waals surface area contributed by atoms with Gasteiger partial charge in [0.15, 0.2) is 0 Å². The van der Waals surface area contributed by atoms with E-state index in [4.69, 9.17) is 14.7 Å². The Balaban J connectivity index is 1.96. The van der Waals surface area contributed by atoms with Crippen LogP contribution in [0.2, 0.25) is 0 Å². The average molecular weight is 380 g/mol. The molecule has 0 aliphatic carbocycles. The van der Waals surface area contributed by atoms with E-state index in [1.165, 1.54) is 5.48 Å². The molecule has 1 fully saturated rings. The fourth-order valence-corrected chi connectivity index (χ4v) is 3.13. The van der Waals surface area contributed by atoms with E-state index in [0.717, 1.165) is 11.3 Å². The fourth-order valence-electron chi connectivity index (χ4n) is 3.13. The zero-order valence-electron chi connectivity index (χ0n) is 15.6. The lowest BCUT2D eigenvalue weighted by Gasteiger charge is -2.31. The molecule has 1 aromatic rings. The van der Waals surface area contributed by atoms with Gasteiger partial charge in [-0.1, -0.05) is 12.1 Å². The minimum absolute atomic E-state index is 0.291. The molecule has 1 aromatic carbocycles. The second-order valence-corrected chi connectivity index (χ2v) is 6.43. The maximum atomic E-state index is 12.8. The molecule has 1 aliphatic heterocycles. The van der Waals surface area contributed by atoms with Gasteiger partial charge in [0, 0.05) is 13.1 Å². The van der Waals surface area contributed by atoms with Crippen LogP contribution in [0.3, 0.4) is 0 Å². The van der Waals surface area contributed by atoms with Gasteiger partial charge in [0.1, 0.15) is 11.9 Å². The summed E-state index contributed by atoms with van der Waals surface area (Å²) in [5.74, 6) is -1.36. The molecule has 2 atom stereocenters. The maximum Gasteiger partial charge on any atom is 0.272 e. The summed E-state index contributed by atoms with van der Waals surface area (Å²) in [5, 5.41) is 19.0. The molecule has 0 aromatic heterocycles. The van der Waals surface area contributed by atoms with Crippen molar-refractivity contribution in [1.29, 1.82) is 0 Å². The molecule has 1 heterocycles. The summed E-state index contributed by atoms with van der Waals surface area (Å²) in [4.78, 5) is 26.0. The highest BCUT2D eigenvalue weighted by Crippen LogP contribution is 2.20. The molecule has 8 nitrogen and oxygen atoms in total. The minimum atomic E-state index is -1.59. The Bertz CT molecular complexity index is 601. The number of hydrogen-bond donors (Lipinski definition) is 3. The molecule has 2 amide bonds. The van der Waals surface area contributed by atoms with E-state index < -0.39 is 17.9 Å². The highest BCUT2D eigenvalue weighted by atomic mass is 16.5. The summed E-state index contributed by atoms with van der Waals surface area (Å²) < 4.78 is 10.6. The molecule has 150 valence electrons. The molecule has 0 unspecified atom stereocenters. The first-order valence-electron chi connectivity index (χ1n) is 9.27. The topological polar surface area (TPSA) is 108 Å². The van der Waals surface area contributed by atoms with Crippen molar-refractivity contribution in [2.75, 3.05) is 32.9 Å². The number of hydrogen-bond acceptors (Lipinski definition) is 6. The fraction of sp³-hybridized carbons (Fsp3) is 0.579. The van der Waals surface area contributed by atoms with E-state index in [1.54, 1.807) is 4.90 Å². The van der Waals surface area contributed by atoms with Crippen LogP contribution in [-0.2, 0) is 20.7 Å². The Morgan fingerprint density at radius 3 is 2.52 bits per heavy atom. The van der Waals surface area contributed by atoms with Gasteiger partial charge < -0.3 is 19.5 Å². The minimum Gasteiger partial charge on any atom is -0.494 e. The van der Waals surface area contributed by atoms with Crippen molar-refractivity contribution in [2.45, 2.75) is 32.3 Å². The van der Waals surface area contributed by atoms with Gasteiger partial charge in [-0.25, -0.2) is 5.48 Å². The smallest absolute Gasteiger partial charge is 0.272 e. The third kappa shape index (κ3) is 6.20. The van der Waals surface area contributed by atoms with Gasteiger partial charge in [0.2, 0.25) is 5.91 Å². The van der Waals surface area contributed by atoms with Crippen molar-refractivity contribution < 1.29 is 29.4 Å². The number of hydroxylamine groups is 1. The zero-order chi connectivity index (χ0) is 19.6. The molecule has 1 aliphatic rings. The number of benzene rings is 1. The summed E-state index contributed by atoms with van der Waals surface area (Å²) in [6.07, 6.45) is 0.0561. The number of amides is 2. The van der Waals surface area contributed by atoms with Crippen molar-refractivity contribution >= 4 is 11.8 Å². The summed E-state index contributed by atoms with van der Waals surface area (Å²) >= 11 is 0. The van der Waals surface area contributed by atoms with Crippen molar-refractivity contribution in [3.05, 3.63) is 29.8 Å². The Labute approximate surface area is 159 Å². The van der Waals surface area contributed by atoms with Gasteiger partial charge >= 0.3 is 0 Å². The summed E-state index contributed by atoms with van der Waals surface area (Å²) in [5.41, 5.74) is 2.51. The number of aryl methyl sites for hydroxylation is 1. The Morgan fingerprint density at radius 2 is 1.93 bits per heavy atom. The molecule has 27 heavy (non-hydrogen) atoms. The van der Waals surface area contributed by atoms with Crippen LogP contribution in [0.1, 0.15) is 25.3 Å². The van der Waals surface area contributed by atoms with E-state index in [-0.39, 0.29) is 5.91 Å². The first-order valence-corrected chi connectivity index (χ1v) is 9.27. The molecule has 0 saturated carbocycles. The number of nitrogens with zero attached hydrogens (tertiary/aromatic N) is 1. The molecular weight excluding hydrogens is 352 g/mol. The molecule has 8 heteroatoms. The molecule has 2 rings (SSSR count). The second-order valence-electron chi connectivity index (χ2n) is 6.43. The van der Waals surface area contributed by atoms with Crippen molar-refractivity contribution in [2.24, 2.45) is 5.92 Å². The van der Waals surface area contributed by atoms with Gasteiger partial charge in [-0.15, -0.1) is 0 Å². The van der Waals surface area contributed by atoms with Crippen LogP contribution in [-0.4, -0.2) is 66.0 Å². The Hall–Kier alpha value is -2.16. The highest BCUT2D eigenvalue weighted by Gasteiger charge is 2.35. The number of morpholine rings is 1. The SMILES string of the molecule is CCOc1ccc(CCC[C@@H](C(=O)N2CCOCC2)[C@H](O)C(=O)NO)cc1. The van der Waals surface area contributed by atoms with Crippen LogP contribution >= 0.6 is 0 Å². The summed E-state index contributed by atoms with van der Waals surface area (Å²) in [6, 6.07) is 7.70. The van der Waals surface area contributed by atoms with Crippen molar-refractivity contribution in [1.82, 2.24) is 10.4 Å². The number of aliphatic hydroxyl groups is 1. The zero-order valence-corrected chi connectivity index (χ0v) is 15.6. The van der Waals surface area contributed by atoms with Crippen LogP contribution in [0.4, 0.5) is 0 Å². The van der Waals surface area contributed by atoms with E-state index in [0.29, 0.717) is 52.2 Å². The van der Waals surface area contributed by atoms with Gasteiger partial charge in [-0.05, 0) is 43.9 Å². The Kier molecular flexibility index (Phi) is 8.50. The molecule has 0 bridgehead atoms. The standard InChI is InChI=1S/C19H28N2O6/c1-2-27-15-8-6-14(7-9-15)4-3-5-16(17(22)18(23)20-25)19(24)21-10-12-26-13-11-21/h6-9,16-17,22,25H,2-5,10-13H2,1H3,(H,20,23)/t16-,17+/m1/s1. The second kappa shape index (κ2) is 10.9. The van der Waals surface area contributed by atoms with Crippen LogP contribution in [0.15, 0.2) is 24.3 Å². The Morgan fingerprint density at radius 1 is 1.26 bits per heavy atom. The number of ether oxygens (including phenoxy) is 2. The number of nitrogens with one attached hydrogen (secondary N) is 1. The van der Waals surface area contributed by atoms with Gasteiger partial charge in [-0.3, -0.25) is 14.8 Å². The largest absolute Gasteiger partial charge is 0.494 e. The summed E-state index contributed by atoms with van der Waals surface area (Å²) in [7, 11) is 0. The molecule has 0 spiro atoms. The lowest BCUT2D eigenvalue weighted by atomic mass is 9.92.